The van der Waals surface area contributed by atoms with Gasteiger partial charge in [-0.15, -0.1) is 0 Å². The molecule has 1 unspecified atom stereocenters. The van der Waals surface area contributed by atoms with Crippen LogP contribution in [-0.4, -0.2) is 16.0 Å². The number of hydrogen-bond acceptors (Lipinski definition) is 1. The second-order valence-electron chi connectivity index (χ2n) is 4.20. The Bertz CT molecular complexity index is 375. The van der Waals surface area contributed by atoms with E-state index in [0.29, 0.717) is 6.42 Å². The lowest BCUT2D eigenvalue weighted by Gasteiger charge is -2.06. The van der Waals surface area contributed by atoms with Gasteiger partial charge in [0, 0.05) is 13.2 Å². The number of aryl methyl sites for hydroxylation is 2. The first-order valence-corrected chi connectivity index (χ1v) is 7.09. The van der Waals surface area contributed by atoms with Gasteiger partial charge in [0.1, 0.15) is 6.17 Å². The lowest BCUT2D eigenvalue weighted by atomic mass is 10.1. The Morgan fingerprint density at radius 3 is 2.53 bits per heavy atom. The summed E-state index contributed by atoms with van der Waals surface area (Å²) in [7, 11) is 1.91. The Kier molecular flexibility index (Phi) is 9.77. The number of aromatic nitrogens is 2. The third-order valence-corrected chi connectivity index (χ3v) is 2.69. The SMILES string of the molecule is CC.CCC1=CC=CCCC1F.Cc1ccn(C)n1. The van der Waals surface area contributed by atoms with Gasteiger partial charge in [0.25, 0.3) is 0 Å². The predicted octanol–water partition coefficient (Wildman–Crippen LogP) is 4.77. The van der Waals surface area contributed by atoms with E-state index < -0.39 is 6.17 Å². The molecule has 1 atom stereocenters. The van der Waals surface area contributed by atoms with Crippen molar-refractivity contribution in [2.45, 2.75) is 53.1 Å². The maximum atomic E-state index is 13.0. The summed E-state index contributed by atoms with van der Waals surface area (Å²) < 4.78 is 14.8. The van der Waals surface area contributed by atoms with Crippen molar-refractivity contribution in [3.8, 4) is 0 Å². The molecular formula is C16H27FN2. The smallest absolute Gasteiger partial charge is 0.122 e. The Balaban J connectivity index is 0.000000316. The molecule has 0 saturated carbocycles. The van der Waals surface area contributed by atoms with Crippen LogP contribution >= 0.6 is 0 Å². The molecule has 108 valence electrons. The van der Waals surface area contributed by atoms with E-state index in [-0.39, 0.29) is 0 Å². The highest BCUT2D eigenvalue weighted by Crippen LogP contribution is 2.19. The Morgan fingerprint density at radius 1 is 1.42 bits per heavy atom. The number of halogens is 1. The maximum absolute atomic E-state index is 13.0. The molecule has 1 aliphatic carbocycles. The number of alkyl halides is 1. The molecule has 2 nitrogen and oxygen atoms in total. The van der Waals surface area contributed by atoms with Crippen LogP contribution in [0.15, 0.2) is 36.1 Å². The lowest BCUT2D eigenvalue weighted by molar-refractivity contribution is 0.358. The number of allylic oxidation sites excluding steroid dienone is 4. The van der Waals surface area contributed by atoms with Gasteiger partial charge >= 0.3 is 0 Å². The van der Waals surface area contributed by atoms with Crippen molar-refractivity contribution >= 4 is 0 Å². The van der Waals surface area contributed by atoms with E-state index in [1.165, 1.54) is 0 Å². The van der Waals surface area contributed by atoms with Crippen LogP contribution in [0.3, 0.4) is 0 Å². The molecule has 1 aromatic heterocycles. The van der Waals surface area contributed by atoms with Crippen LogP contribution in [0.4, 0.5) is 4.39 Å². The molecule has 0 aliphatic heterocycles. The highest BCUT2D eigenvalue weighted by Gasteiger charge is 2.10. The highest BCUT2D eigenvalue weighted by atomic mass is 19.1. The molecule has 2 rings (SSSR count). The van der Waals surface area contributed by atoms with E-state index in [1.807, 2.05) is 65.2 Å². The molecule has 1 aliphatic rings. The van der Waals surface area contributed by atoms with Gasteiger partial charge in [0.2, 0.25) is 0 Å². The van der Waals surface area contributed by atoms with Crippen LogP contribution in [-0.2, 0) is 7.05 Å². The van der Waals surface area contributed by atoms with Gasteiger partial charge in [0.15, 0.2) is 0 Å². The quantitative estimate of drug-likeness (QED) is 0.716. The molecule has 0 aromatic carbocycles. The van der Waals surface area contributed by atoms with E-state index in [1.54, 1.807) is 4.68 Å². The summed E-state index contributed by atoms with van der Waals surface area (Å²) in [6, 6.07) is 1.97. The Morgan fingerprint density at radius 2 is 2.11 bits per heavy atom. The van der Waals surface area contributed by atoms with Crippen LogP contribution in [0.25, 0.3) is 0 Å². The van der Waals surface area contributed by atoms with Crippen LogP contribution in [0, 0.1) is 6.92 Å². The van der Waals surface area contributed by atoms with Crippen molar-refractivity contribution in [3.05, 3.63) is 41.8 Å². The standard InChI is InChI=1S/C9H13F.C5H8N2.C2H6/c1-2-8-6-4-3-5-7-9(8)10;1-5-3-4-7(2)6-5;1-2/h3-4,6,9H,2,5,7H2,1H3;3-4H,1-2H3;1-2H3. The molecule has 1 heterocycles. The van der Waals surface area contributed by atoms with Gasteiger partial charge in [-0.3, -0.25) is 4.68 Å². The monoisotopic (exact) mass is 266 g/mol. The second kappa shape index (κ2) is 10.5. The van der Waals surface area contributed by atoms with Gasteiger partial charge in [-0.25, -0.2) is 4.39 Å². The van der Waals surface area contributed by atoms with Crippen molar-refractivity contribution < 1.29 is 4.39 Å². The van der Waals surface area contributed by atoms with Crippen molar-refractivity contribution in [1.82, 2.24) is 9.78 Å². The summed E-state index contributed by atoms with van der Waals surface area (Å²) in [4.78, 5) is 0. The average Bonchev–Trinajstić information content (AvgIpc) is 2.68. The molecule has 19 heavy (non-hydrogen) atoms. The fourth-order valence-electron chi connectivity index (χ4n) is 1.69. The number of nitrogens with zero attached hydrogens (tertiary/aromatic N) is 2. The van der Waals surface area contributed by atoms with Crippen LogP contribution < -0.4 is 0 Å². The predicted molar refractivity (Wildman–Crippen MR) is 80.9 cm³/mol. The Hall–Kier alpha value is -1.38. The van der Waals surface area contributed by atoms with Crippen LogP contribution in [0.1, 0.15) is 45.7 Å². The van der Waals surface area contributed by atoms with Gasteiger partial charge in [-0.05, 0) is 37.8 Å². The molecule has 1 aromatic rings. The van der Waals surface area contributed by atoms with Gasteiger partial charge in [-0.2, -0.15) is 5.10 Å². The van der Waals surface area contributed by atoms with E-state index in [4.69, 9.17) is 0 Å². The second-order valence-corrected chi connectivity index (χ2v) is 4.20. The highest BCUT2D eigenvalue weighted by molar-refractivity contribution is 5.18. The van der Waals surface area contributed by atoms with E-state index in [9.17, 15) is 4.39 Å². The van der Waals surface area contributed by atoms with Gasteiger partial charge < -0.3 is 0 Å². The molecule has 0 spiro atoms. The zero-order chi connectivity index (χ0) is 14.7. The van der Waals surface area contributed by atoms with E-state index >= 15 is 0 Å². The Labute approximate surface area is 117 Å². The molecule has 0 amide bonds. The minimum absolute atomic E-state index is 0.663. The molecule has 0 bridgehead atoms. The molecule has 3 heteroatoms. The molecule has 0 radical (unpaired) electrons. The summed E-state index contributed by atoms with van der Waals surface area (Å²) in [5, 5.41) is 4.03. The first-order valence-electron chi connectivity index (χ1n) is 7.09. The first kappa shape index (κ1) is 17.6. The summed E-state index contributed by atoms with van der Waals surface area (Å²) in [6.07, 6.45) is 9.49. The minimum Gasteiger partial charge on any atom is -0.276 e. The van der Waals surface area contributed by atoms with Gasteiger partial charge in [-0.1, -0.05) is 39.0 Å². The normalized spacial score (nSPS) is 17.4. The van der Waals surface area contributed by atoms with Crippen molar-refractivity contribution in [2.75, 3.05) is 0 Å². The van der Waals surface area contributed by atoms with Crippen molar-refractivity contribution in [2.24, 2.45) is 7.05 Å². The molecule has 0 saturated heterocycles. The summed E-state index contributed by atoms with van der Waals surface area (Å²) >= 11 is 0. The van der Waals surface area contributed by atoms with Crippen LogP contribution in [0.2, 0.25) is 0 Å². The third kappa shape index (κ3) is 7.60. The topological polar surface area (TPSA) is 17.8 Å². The summed E-state index contributed by atoms with van der Waals surface area (Å²) in [6.45, 7) is 7.97. The molecule has 0 fully saturated rings. The lowest BCUT2D eigenvalue weighted by Crippen LogP contribution is -2.01. The number of hydrogen-bond donors (Lipinski definition) is 0. The zero-order valence-corrected chi connectivity index (χ0v) is 12.9. The largest absolute Gasteiger partial charge is 0.276 e. The third-order valence-electron chi connectivity index (χ3n) is 2.69. The average molecular weight is 266 g/mol. The zero-order valence-electron chi connectivity index (χ0n) is 12.9. The van der Waals surface area contributed by atoms with Crippen molar-refractivity contribution in [3.63, 3.8) is 0 Å². The fraction of sp³-hybridized carbons (Fsp3) is 0.562. The minimum atomic E-state index is -0.694. The van der Waals surface area contributed by atoms with Gasteiger partial charge in [0.05, 0.1) is 5.69 Å². The summed E-state index contributed by atoms with van der Waals surface area (Å²) in [5.41, 5.74) is 2.01. The van der Waals surface area contributed by atoms with E-state index in [0.717, 1.165) is 24.1 Å². The first-order chi connectivity index (χ1) is 9.13. The molecule has 0 N–H and O–H groups in total. The number of rotatable bonds is 1. The fourth-order valence-corrected chi connectivity index (χ4v) is 1.69. The van der Waals surface area contributed by atoms with Crippen molar-refractivity contribution in [1.29, 1.82) is 0 Å². The van der Waals surface area contributed by atoms with E-state index in [2.05, 4.69) is 5.10 Å². The molecular weight excluding hydrogens is 239 g/mol. The maximum Gasteiger partial charge on any atom is 0.122 e. The summed E-state index contributed by atoms with van der Waals surface area (Å²) in [5.74, 6) is 0. The van der Waals surface area contributed by atoms with Crippen LogP contribution in [0.5, 0.6) is 0 Å².